The fraction of sp³-hybridized carbons (Fsp3) is 0.241. The van der Waals surface area contributed by atoms with Gasteiger partial charge in [0.2, 0.25) is 0 Å². The summed E-state index contributed by atoms with van der Waals surface area (Å²) in [6.07, 6.45) is 0. The number of morpholine rings is 1. The largest absolute Gasteiger partial charge is 0.382 e. The lowest BCUT2D eigenvalue weighted by atomic mass is 9.93. The van der Waals surface area contributed by atoms with Crippen LogP contribution in [0.5, 0.6) is 0 Å². The number of carbonyl (C=O) groups is 1. The van der Waals surface area contributed by atoms with E-state index >= 15 is 0 Å². The summed E-state index contributed by atoms with van der Waals surface area (Å²) in [6, 6.07) is 22.1. The quantitative estimate of drug-likeness (QED) is 0.447. The maximum absolute atomic E-state index is 13.6. The van der Waals surface area contributed by atoms with Crippen LogP contribution in [-0.4, -0.2) is 44.2 Å². The highest BCUT2D eigenvalue weighted by molar-refractivity contribution is 6.10. The summed E-state index contributed by atoms with van der Waals surface area (Å²) in [6.45, 7) is 7.03. The summed E-state index contributed by atoms with van der Waals surface area (Å²) in [5.41, 5.74) is 13.7. The van der Waals surface area contributed by atoms with Crippen LogP contribution in [0.2, 0.25) is 0 Å². The Morgan fingerprint density at radius 2 is 1.74 bits per heavy atom. The van der Waals surface area contributed by atoms with Crippen molar-refractivity contribution in [2.24, 2.45) is 0 Å². The van der Waals surface area contributed by atoms with E-state index in [1.807, 2.05) is 75.5 Å². The molecule has 0 atom stereocenters. The Morgan fingerprint density at radius 3 is 2.49 bits per heavy atom. The number of fused-ring (bicyclic) bond motifs is 1. The Hall–Kier alpha value is -3.90. The number of rotatable bonds is 4. The van der Waals surface area contributed by atoms with Crippen molar-refractivity contribution in [1.82, 2.24) is 4.98 Å². The van der Waals surface area contributed by atoms with Crippen molar-refractivity contribution in [3.63, 3.8) is 0 Å². The average Bonchev–Trinajstić information content (AvgIpc) is 2.88. The van der Waals surface area contributed by atoms with Crippen LogP contribution in [0.4, 0.5) is 17.2 Å². The van der Waals surface area contributed by atoms with Gasteiger partial charge in [0.1, 0.15) is 5.82 Å². The summed E-state index contributed by atoms with van der Waals surface area (Å²) >= 11 is 0. The van der Waals surface area contributed by atoms with Gasteiger partial charge in [0.05, 0.1) is 24.4 Å². The van der Waals surface area contributed by atoms with E-state index in [0.717, 1.165) is 57.6 Å². The number of nitrogens with two attached hydrogens (primary N) is 1. The molecular formula is C29H30N4O2. The van der Waals surface area contributed by atoms with Crippen LogP contribution in [-0.2, 0) is 4.74 Å². The van der Waals surface area contributed by atoms with Crippen molar-refractivity contribution in [1.29, 1.82) is 0 Å². The second kappa shape index (κ2) is 9.39. The predicted molar refractivity (Wildman–Crippen MR) is 143 cm³/mol. The predicted octanol–water partition coefficient (Wildman–Crippen LogP) is 5.21. The zero-order valence-electron chi connectivity index (χ0n) is 20.4. The summed E-state index contributed by atoms with van der Waals surface area (Å²) in [5.74, 6) is 0.482. The van der Waals surface area contributed by atoms with Crippen LogP contribution >= 0.6 is 0 Å². The third-order valence-corrected chi connectivity index (χ3v) is 6.69. The minimum absolute atomic E-state index is 0.0444. The lowest BCUT2D eigenvalue weighted by Crippen LogP contribution is -2.36. The third-order valence-electron chi connectivity index (χ3n) is 6.69. The van der Waals surface area contributed by atoms with Gasteiger partial charge in [0, 0.05) is 36.8 Å². The molecule has 0 radical (unpaired) electrons. The normalized spacial score (nSPS) is 13.7. The topological polar surface area (TPSA) is 71.7 Å². The van der Waals surface area contributed by atoms with Gasteiger partial charge >= 0.3 is 0 Å². The Balaban J connectivity index is 1.57. The molecule has 1 aliphatic heterocycles. The van der Waals surface area contributed by atoms with Crippen LogP contribution in [0.25, 0.3) is 22.0 Å². The first-order chi connectivity index (χ1) is 16.9. The molecule has 1 aromatic heterocycles. The summed E-state index contributed by atoms with van der Waals surface area (Å²) in [4.78, 5) is 22.2. The SMILES string of the molecule is Cc1ccc(N(C)C(=O)c2cccc(C)c2-c2ccc3nc(N)c(N4CCOCC4)cc3c2)cc1. The lowest BCUT2D eigenvalue weighted by Gasteiger charge is -2.29. The van der Waals surface area contributed by atoms with Gasteiger partial charge in [0.15, 0.2) is 0 Å². The molecule has 6 nitrogen and oxygen atoms in total. The molecule has 0 bridgehead atoms. The van der Waals surface area contributed by atoms with Gasteiger partial charge in [-0.15, -0.1) is 0 Å². The molecule has 0 saturated carbocycles. The molecule has 5 rings (SSSR count). The van der Waals surface area contributed by atoms with E-state index in [0.29, 0.717) is 24.6 Å². The first-order valence-corrected chi connectivity index (χ1v) is 11.9. The first kappa shape index (κ1) is 22.9. The molecule has 0 spiro atoms. The highest BCUT2D eigenvalue weighted by atomic mass is 16.5. The van der Waals surface area contributed by atoms with Gasteiger partial charge in [-0.25, -0.2) is 4.98 Å². The number of ether oxygens (including phenoxy) is 1. The zero-order valence-corrected chi connectivity index (χ0v) is 20.4. The molecule has 2 heterocycles. The summed E-state index contributed by atoms with van der Waals surface area (Å²) < 4.78 is 5.49. The fourth-order valence-corrected chi connectivity index (χ4v) is 4.69. The second-order valence-corrected chi connectivity index (χ2v) is 9.10. The first-order valence-electron chi connectivity index (χ1n) is 11.9. The lowest BCUT2D eigenvalue weighted by molar-refractivity contribution is 0.0993. The Kier molecular flexibility index (Phi) is 6.14. The molecule has 0 unspecified atom stereocenters. The number of benzene rings is 3. The van der Waals surface area contributed by atoms with Crippen molar-refractivity contribution < 1.29 is 9.53 Å². The van der Waals surface area contributed by atoms with E-state index < -0.39 is 0 Å². The van der Waals surface area contributed by atoms with Crippen LogP contribution in [0.3, 0.4) is 0 Å². The minimum Gasteiger partial charge on any atom is -0.382 e. The van der Waals surface area contributed by atoms with Crippen molar-refractivity contribution in [3.05, 3.63) is 83.4 Å². The van der Waals surface area contributed by atoms with Crippen LogP contribution in [0.1, 0.15) is 21.5 Å². The van der Waals surface area contributed by atoms with E-state index in [1.54, 1.807) is 4.90 Å². The molecule has 0 aliphatic carbocycles. The van der Waals surface area contributed by atoms with Gasteiger partial charge in [-0.3, -0.25) is 4.79 Å². The monoisotopic (exact) mass is 466 g/mol. The second-order valence-electron chi connectivity index (χ2n) is 9.10. The smallest absolute Gasteiger partial charge is 0.258 e. The molecule has 178 valence electrons. The van der Waals surface area contributed by atoms with Crippen molar-refractivity contribution in [3.8, 4) is 11.1 Å². The molecule has 4 aromatic rings. The van der Waals surface area contributed by atoms with E-state index in [1.165, 1.54) is 0 Å². The van der Waals surface area contributed by atoms with Crippen molar-refractivity contribution >= 4 is 34.0 Å². The highest BCUT2D eigenvalue weighted by Gasteiger charge is 2.21. The van der Waals surface area contributed by atoms with Crippen molar-refractivity contribution in [2.75, 3.05) is 48.9 Å². The van der Waals surface area contributed by atoms with Gasteiger partial charge in [-0.1, -0.05) is 35.9 Å². The minimum atomic E-state index is -0.0444. The van der Waals surface area contributed by atoms with Gasteiger partial charge < -0.3 is 20.3 Å². The van der Waals surface area contributed by atoms with Crippen molar-refractivity contribution in [2.45, 2.75) is 13.8 Å². The molecule has 1 fully saturated rings. The number of amides is 1. The highest BCUT2D eigenvalue weighted by Crippen LogP contribution is 2.34. The number of pyridine rings is 1. The number of carbonyl (C=O) groups excluding carboxylic acids is 1. The van der Waals surface area contributed by atoms with Crippen LogP contribution < -0.4 is 15.5 Å². The van der Waals surface area contributed by atoms with Crippen LogP contribution in [0, 0.1) is 13.8 Å². The average molecular weight is 467 g/mol. The van der Waals surface area contributed by atoms with E-state index in [-0.39, 0.29) is 5.91 Å². The molecule has 1 aliphatic rings. The van der Waals surface area contributed by atoms with E-state index in [4.69, 9.17) is 10.5 Å². The standard InChI is InChI=1S/C29H30N4O2/c1-19-7-10-23(11-8-19)32(3)29(34)24-6-4-5-20(2)27(24)21-9-12-25-22(17-21)18-26(28(30)31-25)33-13-15-35-16-14-33/h4-12,17-18H,13-16H2,1-3H3,(H2,30,31). The number of aromatic nitrogens is 1. The summed E-state index contributed by atoms with van der Waals surface area (Å²) in [7, 11) is 1.82. The number of hydrogen-bond acceptors (Lipinski definition) is 5. The van der Waals surface area contributed by atoms with Crippen LogP contribution in [0.15, 0.2) is 66.7 Å². The number of anilines is 3. The molecular weight excluding hydrogens is 436 g/mol. The maximum atomic E-state index is 13.6. The Morgan fingerprint density at radius 1 is 1.00 bits per heavy atom. The van der Waals surface area contributed by atoms with Gasteiger partial charge in [0.25, 0.3) is 5.91 Å². The molecule has 35 heavy (non-hydrogen) atoms. The zero-order chi connectivity index (χ0) is 24.5. The number of nitrogen functional groups attached to an aromatic ring is 1. The molecule has 3 aromatic carbocycles. The van der Waals surface area contributed by atoms with Gasteiger partial charge in [-0.2, -0.15) is 0 Å². The van der Waals surface area contributed by atoms with E-state index in [9.17, 15) is 4.79 Å². The molecule has 6 heteroatoms. The number of nitrogens with zero attached hydrogens (tertiary/aromatic N) is 3. The molecule has 1 saturated heterocycles. The third kappa shape index (κ3) is 4.45. The molecule has 1 amide bonds. The number of aryl methyl sites for hydroxylation is 2. The Bertz CT molecular complexity index is 1390. The van der Waals surface area contributed by atoms with Gasteiger partial charge in [-0.05, 0) is 66.9 Å². The fourth-order valence-electron chi connectivity index (χ4n) is 4.69. The van der Waals surface area contributed by atoms with E-state index in [2.05, 4.69) is 22.0 Å². The Labute approximate surface area is 205 Å². The maximum Gasteiger partial charge on any atom is 0.258 e. The summed E-state index contributed by atoms with van der Waals surface area (Å²) in [5, 5.41) is 0.992. The number of hydrogen-bond donors (Lipinski definition) is 1. The molecule has 2 N–H and O–H groups in total.